The Bertz CT molecular complexity index is 1180. The second-order valence-corrected chi connectivity index (χ2v) is 7.93. The molecular formula is C25H23N3O3S. The number of aromatic nitrogens is 2. The SMILES string of the molecule is COc1cc(C(=O)NC(C)c2ccccc2)ccc1Oc1nc(Cc2ccccc2)ns1. The Morgan fingerprint density at radius 3 is 2.44 bits per heavy atom. The van der Waals surface area contributed by atoms with E-state index >= 15 is 0 Å². The quantitative estimate of drug-likeness (QED) is 0.392. The van der Waals surface area contributed by atoms with Gasteiger partial charge in [0.1, 0.15) is 0 Å². The third-order valence-electron chi connectivity index (χ3n) is 4.92. The van der Waals surface area contributed by atoms with E-state index in [9.17, 15) is 4.79 Å². The van der Waals surface area contributed by atoms with Gasteiger partial charge in [0.2, 0.25) is 0 Å². The van der Waals surface area contributed by atoms with Crippen molar-refractivity contribution < 1.29 is 14.3 Å². The molecule has 1 unspecified atom stereocenters. The Balaban J connectivity index is 1.44. The lowest BCUT2D eigenvalue weighted by molar-refractivity contribution is 0.0939. The van der Waals surface area contributed by atoms with E-state index in [4.69, 9.17) is 9.47 Å². The number of rotatable bonds is 8. The smallest absolute Gasteiger partial charge is 0.298 e. The summed E-state index contributed by atoms with van der Waals surface area (Å²) in [5, 5.41) is 3.42. The van der Waals surface area contributed by atoms with Gasteiger partial charge >= 0.3 is 0 Å². The first-order valence-electron chi connectivity index (χ1n) is 10.2. The summed E-state index contributed by atoms with van der Waals surface area (Å²) in [5.74, 6) is 1.43. The molecule has 32 heavy (non-hydrogen) atoms. The van der Waals surface area contributed by atoms with Crippen molar-refractivity contribution in [3.63, 3.8) is 0 Å². The third-order valence-corrected chi connectivity index (χ3v) is 5.56. The number of nitrogens with one attached hydrogen (secondary N) is 1. The molecule has 0 aliphatic rings. The maximum absolute atomic E-state index is 12.7. The van der Waals surface area contributed by atoms with Crippen molar-refractivity contribution >= 4 is 17.4 Å². The lowest BCUT2D eigenvalue weighted by Gasteiger charge is -2.15. The molecule has 4 rings (SSSR count). The fourth-order valence-corrected chi connectivity index (χ4v) is 3.78. The Morgan fingerprint density at radius 2 is 1.72 bits per heavy atom. The van der Waals surface area contributed by atoms with Gasteiger partial charge in [-0.15, -0.1) is 0 Å². The van der Waals surface area contributed by atoms with Crippen LogP contribution in [0.25, 0.3) is 0 Å². The van der Waals surface area contributed by atoms with Crippen molar-refractivity contribution in [1.82, 2.24) is 14.7 Å². The van der Waals surface area contributed by atoms with Crippen LogP contribution in [0.4, 0.5) is 0 Å². The zero-order valence-electron chi connectivity index (χ0n) is 17.8. The highest BCUT2D eigenvalue weighted by molar-refractivity contribution is 7.07. The minimum atomic E-state index is -0.188. The van der Waals surface area contributed by atoms with E-state index in [1.165, 1.54) is 18.6 Å². The molecule has 0 aliphatic heterocycles. The molecule has 4 aromatic rings. The van der Waals surface area contributed by atoms with Gasteiger partial charge in [-0.1, -0.05) is 60.7 Å². The molecular weight excluding hydrogens is 422 g/mol. The van der Waals surface area contributed by atoms with E-state index in [2.05, 4.69) is 14.7 Å². The number of hydrogen-bond donors (Lipinski definition) is 1. The number of carbonyl (C=O) groups excluding carboxylic acids is 1. The minimum Gasteiger partial charge on any atom is -0.493 e. The average molecular weight is 446 g/mol. The second-order valence-electron chi connectivity index (χ2n) is 7.21. The maximum atomic E-state index is 12.7. The second kappa shape index (κ2) is 10.1. The summed E-state index contributed by atoms with van der Waals surface area (Å²) in [6.45, 7) is 1.95. The normalized spacial score (nSPS) is 11.6. The van der Waals surface area contributed by atoms with Crippen molar-refractivity contribution in [3.8, 4) is 16.7 Å². The Morgan fingerprint density at radius 1 is 1.00 bits per heavy atom. The van der Waals surface area contributed by atoms with E-state index < -0.39 is 0 Å². The molecule has 0 saturated carbocycles. The molecule has 0 spiro atoms. The predicted molar refractivity (Wildman–Crippen MR) is 125 cm³/mol. The van der Waals surface area contributed by atoms with E-state index in [0.717, 1.165) is 11.1 Å². The van der Waals surface area contributed by atoms with Crippen LogP contribution in [0.15, 0.2) is 78.9 Å². The standard InChI is InChI=1S/C25H23N3O3S/c1-17(19-11-7-4-8-12-19)26-24(29)20-13-14-21(22(16-20)30-2)31-25-27-23(28-32-25)15-18-9-5-3-6-10-18/h3-14,16-17H,15H2,1-2H3,(H,26,29). The van der Waals surface area contributed by atoms with Gasteiger partial charge in [-0.3, -0.25) is 4.79 Å². The van der Waals surface area contributed by atoms with Crippen LogP contribution in [-0.4, -0.2) is 22.4 Å². The summed E-state index contributed by atoms with van der Waals surface area (Å²) in [5.41, 5.74) is 2.66. The summed E-state index contributed by atoms with van der Waals surface area (Å²) < 4.78 is 15.7. The van der Waals surface area contributed by atoms with Crippen molar-refractivity contribution in [2.24, 2.45) is 0 Å². The summed E-state index contributed by atoms with van der Waals surface area (Å²) in [4.78, 5) is 17.2. The van der Waals surface area contributed by atoms with Crippen LogP contribution < -0.4 is 14.8 Å². The number of nitrogens with zero attached hydrogens (tertiary/aromatic N) is 2. The van der Waals surface area contributed by atoms with Gasteiger partial charge in [0.15, 0.2) is 17.3 Å². The molecule has 0 bridgehead atoms. The van der Waals surface area contributed by atoms with Gasteiger partial charge in [-0.2, -0.15) is 9.36 Å². The molecule has 3 aromatic carbocycles. The van der Waals surface area contributed by atoms with Crippen LogP contribution >= 0.6 is 11.5 Å². The molecule has 1 heterocycles. The molecule has 7 heteroatoms. The number of methoxy groups -OCH3 is 1. The van der Waals surface area contributed by atoms with Crippen LogP contribution in [0, 0.1) is 0 Å². The van der Waals surface area contributed by atoms with Crippen LogP contribution in [0.3, 0.4) is 0 Å². The first-order chi connectivity index (χ1) is 15.6. The molecule has 1 amide bonds. The maximum Gasteiger partial charge on any atom is 0.298 e. The van der Waals surface area contributed by atoms with E-state index in [0.29, 0.717) is 34.5 Å². The number of benzene rings is 3. The first-order valence-corrected chi connectivity index (χ1v) is 11.0. The molecule has 6 nitrogen and oxygen atoms in total. The molecule has 1 atom stereocenters. The van der Waals surface area contributed by atoms with Gasteiger partial charge in [-0.05, 0) is 36.2 Å². The summed E-state index contributed by atoms with van der Waals surface area (Å²) in [6.07, 6.45) is 0.635. The van der Waals surface area contributed by atoms with Crippen molar-refractivity contribution in [3.05, 3.63) is 101 Å². The fourth-order valence-electron chi connectivity index (χ4n) is 3.22. The van der Waals surface area contributed by atoms with Crippen molar-refractivity contribution in [2.45, 2.75) is 19.4 Å². The van der Waals surface area contributed by atoms with E-state index in [1.54, 1.807) is 18.2 Å². The highest BCUT2D eigenvalue weighted by Crippen LogP contribution is 2.33. The number of amides is 1. The number of carbonyl (C=O) groups is 1. The first kappa shape index (κ1) is 21.5. The monoisotopic (exact) mass is 445 g/mol. The third kappa shape index (κ3) is 5.31. The Hall–Kier alpha value is -3.71. The molecule has 1 aromatic heterocycles. The topological polar surface area (TPSA) is 73.3 Å². The minimum absolute atomic E-state index is 0.116. The molecule has 0 radical (unpaired) electrons. The lowest BCUT2D eigenvalue weighted by Crippen LogP contribution is -2.26. The van der Waals surface area contributed by atoms with Gasteiger partial charge in [0.05, 0.1) is 13.2 Å². The molecule has 0 fully saturated rings. The molecule has 0 aliphatic carbocycles. The summed E-state index contributed by atoms with van der Waals surface area (Å²) in [7, 11) is 1.54. The summed E-state index contributed by atoms with van der Waals surface area (Å²) >= 11 is 1.18. The zero-order chi connectivity index (χ0) is 22.3. The van der Waals surface area contributed by atoms with Gasteiger partial charge in [0.25, 0.3) is 11.1 Å². The van der Waals surface area contributed by atoms with Crippen LogP contribution in [0.5, 0.6) is 16.7 Å². The van der Waals surface area contributed by atoms with E-state index in [1.807, 2.05) is 67.6 Å². The average Bonchev–Trinajstić information content (AvgIpc) is 3.27. The largest absolute Gasteiger partial charge is 0.493 e. The van der Waals surface area contributed by atoms with Crippen molar-refractivity contribution in [2.75, 3.05) is 7.11 Å². The lowest BCUT2D eigenvalue weighted by atomic mass is 10.1. The van der Waals surface area contributed by atoms with Crippen LogP contribution in [0.2, 0.25) is 0 Å². The number of hydrogen-bond acceptors (Lipinski definition) is 6. The van der Waals surface area contributed by atoms with E-state index in [-0.39, 0.29) is 11.9 Å². The van der Waals surface area contributed by atoms with Crippen molar-refractivity contribution in [1.29, 1.82) is 0 Å². The molecule has 1 N–H and O–H groups in total. The molecule has 162 valence electrons. The highest BCUT2D eigenvalue weighted by Gasteiger charge is 2.16. The molecule has 0 saturated heterocycles. The Kier molecular flexibility index (Phi) is 6.77. The van der Waals surface area contributed by atoms with Gasteiger partial charge in [0, 0.05) is 23.5 Å². The predicted octanol–water partition coefficient (Wildman–Crippen LogP) is 5.42. The van der Waals surface area contributed by atoms with Gasteiger partial charge < -0.3 is 14.8 Å². The highest BCUT2D eigenvalue weighted by atomic mass is 32.1. The Labute approximate surface area is 191 Å². The summed E-state index contributed by atoms with van der Waals surface area (Å²) in [6, 6.07) is 24.8. The zero-order valence-corrected chi connectivity index (χ0v) is 18.6. The van der Waals surface area contributed by atoms with Gasteiger partial charge in [-0.25, -0.2) is 0 Å². The van der Waals surface area contributed by atoms with Crippen LogP contribution in [0.1, 0.15) is 40.3 Å². The van der Waals surface area contributed by atoms with Crippen LogP contribution in [-0.2, 0) is 6.42 Å². The fraction of sp³-hybridized carbons (Fsp3) is 0.160. The number of ether oxygens (including phenoxy) is 2.